The van der Waals surface area contributed by atoms with Crippen LogP contribution in [0.3, 0.4) is 0 Å². The smallest absolute Gasteiger partial charge is 0.233 e. The molecule has 1 aliphatic heterocycles. The van der Waals surface area contributed by atoms with Crippen LogP contribution in [-0.4, -0.2) is 44.3 Å². The average molecular weight is 323 g/mol. The minimum absolute atomic E-state index is 0.131. The molecule has 0 radical (unpaired) electrons. The first-order valence-electron chi connectivity index (χ1n) is 7.84. The lowest BCUT2D eigenvalue weighted by Crippen LogP contribution is -2.20. The fourth-order valence-corrected chi connectivity index (χ4v) is 2.73. The molecular formula is C17H17N5O2. The van der Waals surface area contributed by atoms with Crippen LogP contribution in [0.5, 0.6) is 11.6 Å². The molecule has 2 aromatic heterocycles. The van der Waals surface area contributed by atoms with Crippen LogP contribution in [0.25, 0.3) is 16.9 Å². The summed E-state index contributed by atoms with van der Waals surface area (Å²) in [6, 6.07) is 10.7. The second-order valence-electron chi connectivity index (χ2n) is 5.64. The van der Waals surface area contributed by atoms with Crippen LogP contribution in [-0.2, 0) is 0 Å². The summed E-state index contributed by atoms with van der Waals surface area (Å²) in [6.45, 7) is 1.80. The second kappa shape index (κ2) is 6.29. The van der Waals surface area contributed by atoms with E-state index in [2.05, 4.69) is 20.6 Å². The molecule has 7 nitrogen and oxygen atoms in total. The Morgan fingerprint density at radius 2 is 2.17 bits per heavy atom. The molecule has 0 spiro atoms. The summed E-state index contributed by atoms with van der Waals surface area (Å²) in [4.78, 5) is 0. The highest BCUT2D eigenvalue weighted by molar-refractivity contribution is 5.68. The third-order valence-corrected chi connectivity index (χ3v) is 3.97. The molecule has 0 bridgehead atoms. The highest BCUT2D eigenvalue weighted by Crippen LogP contribution is 2.29. The van der Waals surface area contributed by atoms with E-state index >= 15 is 0 Å². The minimum atomic E-state index is 0.131. The summed E-state index contributed by atoms with van der Waals surface area (Å²) in [5, 5.41) is 26.0. The molecule has 1 fully saturated rings. The van der Waals surface area contributed by atoms with Gasteiger partial charge in [0.05, 0.1) is 11.4 Å². The number of aromatic nitrogens is 4. The van der Waals surface area contributed by atoms with Crippen LogP contribution in [0.1, 0.15) is 6.42 Å². The predicted octanol–water partition coefficient (Wildman–Crippen LogP) is 1.78. The first-order chi connectivity index (χ1) is 11.8. The van der Waals surface area contributed by atoms with Gasteiger partial charge in [-0.05, 0) is 37.2 Å². The van der Waals surface area contributed by atoms with Gasteiger partial charge in [0.1, 0.15) is 11.9 Å². The van der Waals surface area contributed by atoms with Crippen molar-refractivity contribution in [3.63, 3.8) is 0 Å². The molecule has 3 aromatic rings. The maximum absolute atomic E-state index is 10.3. The largest absolute Gasteiger partial charge is 0.507 e. The molecular weight excluding hydrogens is 306 g/mol. The number of nitrogens with zero attached hydrogens (tertiary/aromatic N) is 4. The number of phenolic OH excluding ortho intramolecular Hbond substituents is 1. The van der Waals surface area contributed by atoms with Gasteiger partial charge in [-0.15, -0.1) is 10.2 Å². The van der Waals surface area contributed by atoms with Crippen molar-refractivity contribution < 1.29 is 9.84 Å². The van der Waals surface area contributed by atoms with Crippen molar-refractivity contribution >= 4 is 0 Å². The zero-order valence-electron chi connectivity index (χ0n) is 13.0. The number of rotatable bonds is 4. The van der Waals surface area contributed by atoms with Gasteiger partial charge in [0.15, 0.2) is 0 Å². The third kappa shape index (κ3) is 2.93. The fraction of sp³-hybridized carbons (Fsp3) is 0.235. The van der Waals surface area contributed by atoms with Crippen molar-refractivity contribution in [2.75, 3.05) is 13.1 Å². The second-order valence-corrected chi connectivity index (χ2v) is 5.64. The van der Waals surface area contributed by atoms with Gasteiger partial charge in [0.2, 0.25) is 5.88 Å². The van der Waals surface area contributed by atoms with Gasteiger partial charge >= 0.3 is 0 Å². The van der Waals surface area contributed by atoms with E-state index < -0.39 is 0 Å². The van der Waals surface area contributed by atoms with Gasteiger partial charge in [0, 0.05) is 36.6 Å². The van der Waals surface area contributed by atoms with Crippen molar-refractivity contribution in [2.45, 2.75) is 12.5 Å². The molecule has 1 unspecified atom stereocenters. The van der Waals surface area contributed by atoms with Gasteiger partial charge in [-0.3, -0.25) is 0 Å². The Bertz CT molecular complexity index is 812. The van der Waals surface area contributed by atoms with Crippen molar-refractivity contribution in [1.82, 2.24) is 25.3 Å². The molecule has 1 aromatic carbocycles. The SMILES string of the molecule is Oc1cc(-n2cccn2)ccc1-c1ccc(OC2CCNC2)nn1. The summed E-state index contributed by atoms with van der Waals surface area (Å²) >= 11 is 0. The van der Waals surface area contributed by atoms with E-state index in [4.69, 9.17) is 4.74 Å². The number of nitrogens with one attached hydrogen (secondary N) is 1. The van der Waals surface area contributed by atoms with E-state index in [0.717, 1.165) is 25.2 Å². The summed E-state index contributed by atoms with van der Waals surface area (Å²) in [5.41, 5.74) is 1.99. The molecule has 122 valence electrons. The predicted molar refractivity (Wildman–Crippen MR) is 88.2 cm³/mol. The molecule has 7 heteroatoms. The molecule has 2 N–H and O–H groups in total. The Morgan fingerprint density at radius 1 is 1.21 bits per heavy atom. The van der Waals surface area contributed by atoms with Crippen molar-refractivity contribution in [2.24, 2.45) is 0 Å². The number of hydrogen-bond donors (Lipinski definition) is 2. The number of phenols is 1. The monoisotopic (exact) mass is 323 g/mol. The Kier molecular flexibility index (Phi) is 3.84. The van der Waals surface area contributed by atoms with E-state index in [1.165, 1.54) is 0 Å². The van der Waals surface area contributed by atoms with Gasteiger partial charge in [-0.1, -0.05) is 0 Å². The molecule has 3 heterocycles. The Balaban J connectivity index is 1.54. The molecule has 24 heavy (non-hydrogen) atoms. The van der Waals surface area contributed by atoms with Gasteiger partial charge in [-0.2, -0.15) is 5.10 Å². The van der Waals surface area contributed by atoms with Crippen molar-refractivity contribution in [3.8, 4) is 28.6 Å². The first kappa shape index (κ1) is 14.6. The van der Waals surface area contributed by atoms with E-state index in [1.807, 2.05) is 18.3 Å². The first-order valence-corrected chi connectivity index (χ1v) is 7.84. The molecule has 1 atom stereocenters. The lowest BCUT2D eigenvalue weighted by Gasteiger charge is -2.11. The summed E-state index contributed by atoms with van der Waals surface area (Å²) < 4.78 is 7.44. The lowest BCUT2D eigenvalue weighted by atomic mass is 10.1. The van der Waals surface area contributed by atoms with E-state index in [-0.39, 0.29) is 11.9 Å². The minimum Gasteiger partial charge on any atom is -0.507 e. The molecule has 4 rings (SSSR count). The lowest BCUT2D eigenvalue weighted by molar-refractivity contribution is 0.212. The molecule has 1 aliphatic rings. The highest BCUT2D eigenvalue weighted by Gasteiger charge is 2.17. The molecule has 1 saturated heterocycles. The Hall–Kier alpha value is -2.93. The summed E-state index contributed by atoms with van der Waals surface area (Å²) in [5.74, 6) is 0.631. The topological polar surface area (TPSA) is 85.1 Å². The zero-order valence-corrected chi connectivity index (χ0v) is 13.0. The maximum atomic E-state index is 10.3. The zero-order chi connectivity index (χ0) is 16.4. The van der Waals surface area contributed by atoms with Crippen LogP contribution in [0, 0.1) is 0 Å². The Morgan fingerprint density at radius 3 is 2.83 bits per heavy atom. The highest BCUT2D eigenvalue weighted by atomic mass is 16.5. The van der Waals surface area contributed by atoms with Crippen LogP contribution in [0.15, 0.2) is 48.8 Å². The van der Waals surface area contributed by atoms with Crippen LogP contribution >= 0.6 is 0 Å². The molecule has 0 saturated carbocycles. The number of ether oxygens (including phenoxy) is 1. The third-order valence-electron chi connectivity index (χ3n) is 3.97. The fourth-order valence-electron chi connectivity index (χ4n) is 2.73. The quantitative estimate of drug-likeness (QED) is 0.761. The van der Waals surface area contributed by atoms with E-state index in [0.29, 0.717) is 17.1 Å². The molecule has 0 aliphatic carbocycles. The number of hydrogen-bond acceptors (Lipinski definition) is 6. The molecule has 0 amide bonds. The van der Waals surface area contributed by atoms with Crippen LogP contribution in [0.2, 0.25) is 0 Å². The number of benzene rings is 1. The van der Waals surface area contributed by atoms with Crippen LogP contribution < -0.4 is 10.1 Å². The Labute approximate surface area is 138 Å². The normalized spacial score (nSPS) is 17.1. The van der Waals surface area contributed by atoms with Gasteiger partial charge in [0.25, 0.3) is 0 Å². The van der Waals surface area contributed by atoms with Gasteiger partial charge in [-0.25, -0.2) is 4.68 Å². The average Bonchev–Trinajstić information content (AvgIpc) is 3.29. The van der Waals surface area contributed by atoms with E-state index in [9.17, 15) is 5.11 Å². The summed E-state index contributed by atoms with van der Waals surface area (Å²) in [6.07, 6.45) is 4.62. The maximum Gasteiger partial charge on any atom is 0.233 e. The van der Waals surface area contributed by atoms with Crippen molar-refractivity contribution in [3.05, 3.63) is 48.8 Å². The summed E-state index contributed by atoms with van der Waals surface area (Å²) in [7, 11) is 0. The van der Waals surface area contributed by atoms with Crippen LogP contribution in [0.4, 0.5) is 0 Å². The van der Waals surface area contributed by atoms with Gasteiger partial charge < -0.3 is 15.2 Å². The van der Waals surface area contributed by atoms with Crippen molar-refractivity contribution in [1.29, 1.82) is 0 Å². The van der Waals surface area contributed by atoms with E-state index in [1.54, 1.807) is 35.1 Å². The number of aromatic hydroxyl groups is 1. The standard InChI is InChI=1S/C17H17N5O2/c23-16-10-12(22-9-1-7-19-22)2-3-14(16)15-4-5-17(21-20-15)24-13-6-8-18-11-13/h1-5,7,9-10,13,18,23H,6,8,11H2.